The van der Waals surface area contributed by atoms with Gasteiger partial charge in [0, 0.05) is 44.2 Å². The molecule has 0 spiro atoms. The van der Waals surface area contributed by atoms with Crippen molar-refractivity contribution < 1.29 is 85.6 Å². The van der Waals surface area contributed by atoms with Crippen LogP contribution in [0.1, 0.15) is 40.3 Å². The first-order valence-electron chi connectivity index (χ1n) is 15.6. The highest BCUT2D eigenvalue weighted by molar-refractivity contribution is 8.13. The topological polar surface area (TPSA) is 384 Å². The summed E-state index contributed by atoms with van der Waals surface area (Å²) in [6, 6.07) is 0. The van der Waals surface area contributed by atoms with E-state index in [9.17, 15) is 57.9 Å². The molecule has 308 valence electrons. The molecule has 2 aromatic rings. The lowest BCUT2D eigenvalue weighted by Crippen LogP contribution is -2.46. The van der Waals surface area contributed by atoms with Crippen LogP contribution in [-0.2, 0) is 50.7 Å². The van der Waals surface area contributed by atoms with Gasteiger partial charge in [-0.15, -0.1) is 0 Å². The number of hydrogen-bond donors (Lipinski definition) is 10. The van der Waals surface area contributed by atoms with Gasteiger partial charge in [-0.25, -0.2) is 28.6 Å². The molecule has 54 heavy (non-hydrogen) atoms. The van der Waals surface area contributed by atoms with E-state index in [1.807, 2.05) is 0 Å². The number of phosphoric acid groups is 3. The number of imidazole rings is 1. The van der Waals surface area contributed by atoms with Crippen LogP contribution in [-0.4, -0.2) is 134 Å². The number of nitrogens with two attached hydrogens (primary N) is 1. The van der Waals surface area contributed by atoms with Crippen molar-refractivity contribution in [2.45, 2.75) is 64.8 Å². The maximum absolute atomic E-state index is 12.6. The number of ether oxygens (including phenoxy) is 1. The van der Waals surface area contributed by atoms with Gasteiger partial charge in [0.25, 0.3) is 0 Å². The molecular weight excluding hydrogens is 811 g/mol. The number of nitrogens with one attached hydrogen (secondary N) is 2. The second-order valence-electron chi connectivity index (χ2n) is 11.7. The fraction of sp³-hybridized carbons (Fsp3) is 0.680. The number of aromatic nitrogens is 4. The van der Waals surface area contributed by atoms with Crippen LogP contribution in [0.5, 0.6) is 0 Å². The molecule has 29 heteroatoms. The summed E-state index contributed by atoms with van der Waals surface area (Å²) in [6.07, 6.45) is -6.88. The van der Waals surface area contributed by atoms with Crippen LogP contribution < -0.4 is 16.4 Å². The molecule has 11 N–H and O–H groups in total. The Morgan fingerprint density at radius 1 is 1.07 bits per heavy atom. The zero-order valence-corrected chi connectivity index (χ0v) is 32.7. The van der Waals surface area contributed by atoms with Crippen LogP contribution in [0.3, 0.4) is 0 Å². The fourth-order valence-electron chi connectivity index (χ4n) is 4.32. The molecule has 0 radical (unpaired) electrons. The van der Waals surface area contributed by atoms with E-state index >= 15 is 0 Å². The Labute approximate surface area is 311 Å². The van der Waals surface area contributed by atoms with Gasteiger partial charge in [-0.1, -0.05) is 25.6 Å². The van der Waals surface area contributed by atoms with Gasteiger partial charge in [0.1, 0.15) is 36.3 Å². The van der Waals surface area contributed by atoms with Crippen molar-refractivity contribution in [1.29, 1.82) is 0 Å². The summed E-state index contributed by atoms with van der Waals surface area (Å²) >= 11 is 1.03. The number of carbonyl (C=O) groups excluding carboxylic acids is 3. The van der Waals surface area contributed by atoms with Crippen LogP contribution in [0.15, 0.2) is 12.7 Å². The van der Waals surface area contributed by atoms with Crippen molar-refractivity contribution in [3.05, 3.63) is 12.7 Å². The Morgan fingerprint density at radius 2 is 1.70 bits per heavy atom. The number of nitrogen functional groups attached to an aromatic ring is 1. The van der Waals surface area contributed by atoms with Gasteiger partial charge in [-0.3, -0.25) is 32.5 Å². The number of rotatable bonds is 19. The summed E-state index contributed by atoms with van der Waals surface area (Å²) in [4.78, 5) is 85.9. The average Bonchev–Trinajstić information content (AvgIpc) is 3.61. The third-order valence-electron chi connectivity index (χ3n) is 6.81. The zero-order chi connectivity index (χ0) is 41.1. The molecule has 2 amide bonds. The number of amides is 2. The summed E-state index contributed by atoms with van der Waals surface area (Å²) in [5.41, 5.74) is 4.26. The van der Waals surface area contributed by atoms with E-state index in [-0.39, 0.29) is 48.2 Å². The van der Waals surface area contributed by atoms with Crippen molar-refractivity contribution in [3.8, 4) is 0 Å². The Morgan fingerprint density at radius 3 is 2.31 bits per heavy atom. The quantitative estimate of drug-likeness (QED) is 0.0579. The summed E-state index contributed by atoms with van der Waals surface area (Å²) in [5, 5.41) is 33.6. The van der Waals surface area contributed by atoms with E-state index in [2.05, 4.69) is 34.4 Å². The van der Waals surface area contributed by atoms with Crippen molar-refractivity contribution in [2.24, 2.45) is 5.41 Å². The number of aliphatic hydroxyl groups excluding tert-OH is 3. The van der Waals surface area contributed by atoms with E-state index in [1.165, 1.54) is 20.8 Å². The van der Waals surface area contributed by atoms with E-state index in [1.54, 1.807) is 6.92 Å². The maximum atomic E-state index is 12.6. The number of anilines is 1. The lowest BCUT2D eigenvalue weighted by molar-refractivity contribution is -0.137. The first-order chi connectivity index (χ1) is 24.9. The third-order valence-corrected chi connectivity index (χ3v) is 10.7. The summed E-state index contributed by atoms with van der Waals surface area (Å²) in [7, 11) is -16.4. The van der Waals surface area contributed by atoms with Crippen LogP contribution in [0.2, 0.25) is 0 Å². The predicted octanol–water partition coefficient (Wildman–Crippen LogP) is -1.32. The highest BCUT2D eigenvalue weighted by atomic mass is 32.2. The molecule has 7 atom stereocenters. The van der Waals surface area contributed by atoms with Crippen molar-refractivity contribution in [2.75, 3.05) is 44.4 Å². The molecule has 25 nitrogen and oxygen atoms in total. The highest BCUT2D eigenvalue weighted by Gasteiger charge is 2.50. The SMILES string of the molecule is CC(=O)SCCNC(=O)CCNC(=O)[C@H](O)C(C)(C)COP(=O)(O)OP(=O)(O)OC[C@H]1O[C@@H](n2cnc3c(N)ncnc32)[C@H](O)[C@@H]1OP(=O)(O)O.CCO. The molecule has 0 bridgehead atoms. The molecule has 3 heterocycles. The van der Waals surface area contributed by atoms with Crippen LogP contribution in [0, 0.1) is 5.41 Å². The minimum absolute atomic E-state index is 0.0310. The normalized spacial score (nSPS) is 21.7. The van der Waals surface area contributed by atoms with Crippen molar-refractivity contribution in [1.82, 2.24) is 30.2 Å². The first kappa shape index (κ1) is 47.7. The first-order valence-corrected chi connectivity index (χ1v) is 21.1. The number of hydrogen-bond acceptors (Lipinski definition) is 19. The van der Waals surface area contributed by atoms with Gasteiger partial charge in [-0.05, 0) is 6.92 Å². The molecule has 2 aromatic heterocycles. The van der Waals surface area contributed by atoms with E-state index in [0.717, 1.165) is 29.0 Å². The zero-order valence-electron chi connectivity index (χ0n) is 29.2. The monoisotopic (exact) mass is 855 g/mol. The van der Waals surface area contributed by atoms with Crippen LogP contribution in [0.25, 0.3) is 11.2 Å². The third kappa shape index (κ3) is 15.2. The summed E-state index contributed by atoms with van der Waals surface area (Å²) < 4.78 is 61.8. The fourth-order valence-corrected chi connectivity index (χ4v) is 7.65. The lowest BCUT2D eigenvalue weighted by atomic mass is 9.87. The number of aliphatic hydroxyl groups is 3. The Balaban J connectivity index is 0.00000325. The van der Waals surface area contributed by atoms with Crippen LogP contribution in [0.4, 0.5) is 5.82 Å². The average molecular weight is 856 g/mol. The minimum atomic E-state index is -5.56. The van der Waals surface area contributed by atoms with E-state index in [0.29, 0.717) is 5.75 Å². The molecule has 0 aliphatic carbocycles. The molecule has 1 fully saturated rings. The highest BCUT2D eigenvalue weighted by Crippen LogP contribution is 2.61. The van der Waals surface area contributed by atoms with Gasteiger partial charge < -0.3 is 56.0 Å². The number of phosphoric ester groups is 3. The number of thioether (sulfide) groups is 1. The molecule has 1 aliphatic rings. The largest absolute Gasteiger partial charge is 0.481 e. The Hall–Kier alpha value is -2.48. The second-order valence-corrected chi connectivity index (χ2v) is 17.2. The van der Waals surface area contributed by atoms with Crippen molar-refractivity contribution >= 4 is 69.1 Å². The Kier molecular flexibility index (Phi) is 18.2. The van der Waals surface area contributed by atoms with Gasteiger partial charge in [-0.2, -0.15) is 4.31 Å². The predicted molar refractivity (Wildman–Crippen MR) is 186 cm³/mol. The lowest BCUT2D eigenvalue weighted by Gasteiger charge is -2.30. The van der Waals surface area contributed by atoms with Crippen molar-refractivity contribution in [3.63, 3.8) is 0 Å². The number of fused-ring (bicyclic) bond motifs is 1. The molecule has 0 saturated carbocycles. The second kappa shape index (κ2) is 20.6. The molecular formula is C25H44N7O18P3S. The van der Waals surface area contributed by atoms with E-state index in [4.69, 9.17) is 24.6 Å². The molecule has 3 rings (SSSR count). The maximum Gasteiger partial charge on any atom is 0.481 e. The van der Waals surface area contributed by atoms with E-state index < -0.39 is 84.6 Å². The molecule has 1 saturated heterocycles. The molecule has 2 unspecified atom stereocenters. The van der Waals surface area contributed by atoms with Gasteiger partial charge in [0.05, 0.1) is 19.5 Å². The van der Waals surface area contributed by atoms with Crippen LogP contribution >= 0.6 is 35.2 Å². The molecule has 1 aliphatic heterocycles. The summed E-state index contributed by atoms with van der Waals surface area (Å²) in [5.74, 6) is -1.08. The standard InChI is InChI=1S/C23H38N7O17P3S.C2H6O/c1-12(31)51-7-6-25-14(32)4-5-26-21(35)18(34)23(2,3)9-44-50(41,42)47-49(39,40)43-8-13-17(46-48(36,37)38)16(33)22(45-13)30-11-29-15-19(24)27-10-28-20(15)30;1-2-3/h10-11,13,16-18,22,33-34H,4-9H2,1-3H3,(H,25,32)(H,26,35)(H,39,40)(H,41,42)(H2,24,27,28)(H2,36,37,38);3H,2H2,1H3/t13-,16-,17-,18+,22-;/m1./s1. The van der Waals surface area contributed by atoms with Gasteiger partial charge in [0.15, 0.2) is 22.8 Å². The molecule has 0 aromatic carbocycles. The van der Waals surface area contributed by atoms with Gasteiger partial charge >= 0.3 is 23.5 Å². The summed E-state index contributed by atoms with van der Waals surface area (Å²) in [6.45, 7) is 3.83. The Bertz CT molecular complexity index is 1730. The number of nitrogens with zero attached hydrogens (tertiary/aromatic N) is 4. The van der Waals surface area contributed by atoms with Gasteiger partial charge in [0.2, 0.25) is 11.8 Å². The minimum Gasteiger partial charge on any atom is -0.397 e. The smallest absolute Gasteiger partial charge is 0.397 e. The number of carbonyl (C=O) groups is 3.